The summed E-state index contributed by atoms with van der Waals surface area (Å²) in [6, 6.07) is 11.1. The molecule has 0 amide bonds. The van der Waals surface area contributed by atoms with E-state index in [1.54, 1.807) is 6.08 Å². The third kappa shape index (κ3) is 6.07. The molecule has 0 aliphatic heterocycles. The molecule has 0 spiro atoms. The zero-order valence-electron chi connectivity index (χ0n) is 11.9. The monoisotopic (exact) mass is 268 g/mol. The Balaban J connectivity index is 2.38. The Labute approximate surface area is 121 Å². The van der Waals surface area contributed by atoms with E-state index in [4.69, 9.17) is 15.3 Å². The molecule has 0 saturated carbocycles. The SMILES string of the molecule is CCCCCCCOc1ccc(C=C(C#N)C#N)cc1. The van der Waals surface area contributed by atoms with Crippen molar-refractivity contribution in [2.75, 3.05) is 6.61 Å². The van der Waals surface area contributed by atoms with Gasteiger partial charge in [-0.15, -0.1) is 0 Å². The molecule has 1 rings (SSSR count). The van der Waals surface area contributed by atoms with Crippen molar-refractivity contribution in [2.24, 2.45) is 0 Å². The van der Waals surface area contributed by atoms with Crippen molar-refractivity contribution in [3.05, 3.63) is 35.4 Å². The molecule has 20 heavy (non-hydrogen) atoms. The molecule has 0 fully saturated rings. The van der Waals surface area contributed by atoms with Crippen molar-refractivity contribution < 1.29 is 4.74 Å². The van der Waals surface area contributed by atoms with Crippen LogP contribution in [-0.2, 0) is 0 Å². The number of hydrogen-bond donors (Lipinski definition) is 0. The van der Waals surface area contributed by atoms with E-state index in [0.29, 0.717) is 0 Å². The molecule has 104 valence electrons. The minimum atomic E-state index is 0.106. The van der Waals surface area contributed by atoms with Crippen LogP contribution in [0, 0.1) is 22.7 Å². The maximum absolute atomic E-state index is 8.68. The molecule has 0 heterocycles. The van der Waals surface area contributed by atoms with Gasteiger partial charge in [0.15, 0.2) is 0 Å². The first kappa shape index (κ1) is 15.8. The van der Waals surface area contributed by atoms with Crippen LogP contribution in [0.1, 0.15) is 44.6 Å². The summed E-state index contributed by atoms with van der Waals surface area (Å²) in [5, 5.41) is 17.4. The predicted octanol–water partition coefficient (Wildman–Crippen LogP) is 4.47. The number of allylic oxidation sites excluding steroid dienone is 1. The Kier molecular flexibility index (Phi) is 7.62. The highest BCUT2D eigenvalue weighted by Crippen LogP contribution is 2.15. The van der Waals surface area contributed by atoms with Crippen LogP contribution in [0.25, 0.3) is 6.08 Å². The first-order valence-corrected chi connectivity index (χ1v) is 7.05. The van der Waals surface area contributed by atoms with Gasteiger partial charge in [-0.2, -0.15) is 10.5 Å². The molecule has 1 aromatic carbocycles. The maximum Gasteiger partial charge on any atom is 0.130 e. The van der Waals surface area contributed by atoms with Gasteiger partial charge in [-0.3, -0.25) is 0 Å². The molecule has 3 nitrogen and oxygen atoms in total. The second-order valence-corrected chi connectivity index (χ2v) is 4.61. The van der Waals surface area contributed by atoms with Gasteiger partial charge in [0.1, 0.15) is 23.5 Å². The molecule has 0 atom stereocenters. The molecular formula is C17H20N2O. The molecular weight excluding hydrogens is 248 g/mol. The highest BCUT2D eigenvalue weighted by Gasteiger charge is 1.97. The van der Waals surface area contributed by atoms with Crippen LogP contribution in [0.2, 0.25) is 0 Å². The summed E-state index contributed by atoms with van der Waals surface area (Å²) in [5.41, 5.74) is 0.938. The lowest BCUT2D eigenvalue weighted by Gasteiger charge is -2.06. The zero-order valence-corrected chi connectivity index (χ0v) is 11.9. The fraction of sp³-hybridized carbons (Fsp3) is 0.412. The number of unbranched alkanes of at least 4 members (excludes halogenated alkanes) is 4. The fourth-order valence-corrected chi connectivity index (χ4v) is 1.81. The van der Waals surface area contributed by atoms with Crippen LogP contribution in [0.15, 0.2) is 29.8 Å². The molecule has 0 bridgehead atoms. The van der Waals surface area contributed by atoms with Crippen LogP contribution < -0.4 is 4.74 Å². The fourth-order valence-electron chi connectivity index (χ4n) is 1.81. The van der Waals surface area contributed by atoms with Crippen molar-refractivity contribution in [2.45, 2.75) is 39.0 Å². The average Bonchev–Trinajstić information content (AvgIpc) is 2.49. The highest BCUT2D eigenvalue weighted by atomic mass is 16.5. The molecule has 0 N–H and O–H groups in total. The summed E-state index contributed by atoms with van der Waals surface area (Å²) in [4.78, 5) is 0. The van der Waals surface area contributed by atoms with Crippen LogP contribution in [-0.4, -0.2) is 6.61 Å². The summed E-state index contributed by atoms with van der Waals surface area (Å²) < 4.78 is 5.65. The van der Waals surface area contributed by atoms with E-state index in [0.717, 1.165) is 24.3 Å². The number of rotatable bonds is 8. The average molecular weight is 268 g/mol. The Bertz CT molecular complexity index is 487. The second-order valence-electron chi connectivity index (χ2n) is 4.61. The van der Waals surface area contributed by atoms with Gasteiger partial charge in [-0.25, -0.2) is 0 Å². The van der Waals surface area contributed by atoms with Crippen molar-refractivity contribution in [3.8, 4) is 17.9 Å². The van der Waals surface area contributed by atoms with Crippen LogP contribution >= 0.6 is 0 Å². The van der Waals surface area contributed by atoms with Crippen molar-refractivity contribution >= 4 is 6.08 Å². The summed E-state index contributed by atoms with van der Waals surface area (Å²) in [6.45, 7) is 2.94. The van der Waals surface area contributed by atoms with Gasteiger partial charge < -0.3 is 4.74 Å². The van der Waals surface area contributed by atoms with E-state index in [-0.39, 0.29) is 5.57 Å². The van der Waals surface area contributed by atoms with Crippen LogP contribution in [0.4, 0.5) is 0 Å². The van der Waals surface area contributed by atoms with E-state index in [1.165, 1.54) is 25.7 Å². The quantitative estimate of drug-likeness (QED) is 0.516. The number of nitriles is 2. The van der Waals surface area contributed by atoms with E-state index in [9.17, 15) is 0 Å². The smallest absolute Gasteiger partial charge is 0.130 e. The summed E-state index contributed by atoms with van der Waals surface area (Å²) in [6.07, 6.45) is 7.67. The number of nitrogens with zero attached hydrogens (tertiary/aromatic N) is 2. The third-order valence-electron chi connectivity index (χ3n) is 2.95. The molecule has 0 radical (unpaired) electrons. The molecule has 0 aliphatic carbocycles. The van der Waals surface area contributed by atoms with Gasteiger partial charge >= 0.3 is 0 Å². The van der Waals surface area contributed by atoms with Gasteiger partial charge in [0.05, 0.1) is 6.61 Å². The standard InChI is InChI=1S/C17H20N2O/c1-2-3-4-5-6-11-20-17-9-7-15(8-10-17)12-16(13-18)14-19/h7-10,12H,2-6,11H2,1H3. The minimum absolute atomic E-state index is 0.106. The normalized spacial score (nSPS) is 9.35. The lowest BCUT2D eigenvalue weighted by molar-refractivity contribution is 0.304. The minimum Gasteiger partial charge on any atom is -0.494 e. The number of hydrogen-bond acceptors (Lipinski definition) is 3. The first-order chi connectivity index (χ1) is 9.80. The zero-order chi connectivity index (χ0) is 14.6. The molecule has 0 aliphatic rings. The topological polar surface area (TPSA) is 56.8 Å². The third-order valence-corrected chi connectivity index (χ3v) is 2.95. The van der Waals surface area contributed by atoms with Gasteiger partial charge in [0, 0.05) is 0 Å². The van der Waals surface area contributed by atoms with Crippen molar-refractivity contribution in [1.82, 2.24) is 0 Å². The van der Waals surface area contributed by atoms with Gasteiger partial charge in [-0.05, 0) is 30.2 Å². The van der Waals surface area contributed by atoms with E-state index >= 15 is 0 Å². The molecule has 0 saturated heterocycles. The van der Waals surface area contributed by atoms with Crippen LogP contribution in [0.3, 0.4) is 0 Å². The van der Waals surface area contributed by atoms with Crippen molar-refractivity contribution in [3.63, 3.8) is 0 Å². The van der Waals surface area contributed by atoms with Crippen molar-refractivity contribution in [1.29, 1.82) is 10.5 Å². The Morgan fingerprint density at radius 1 is 1.05 bits per heavy atom. The van der Waals surface area contributed by atoms with E-state index in [2.05, 4.69) is 6.92 Å². The first-order valence-electron chi connectivity index (χ1n) is 7.05. The molecule has 0 aromatic heterocycles. The van der Waals surface area contributed by atoms with Crippen LogP contribution in [0.5, 0.6) is 5.75 Å². The van der Waals surface area contributed by atoms with E-state index in [1.807, 2.05) is 36.4 Å². The van der Waals surface area contributed by atoms with Gasteiger partial charge in [-0.1, -0.05) is 44.7 Å². The molecule has 3 heteroatoms. The lowest BCUT2D eigenvalue weighted by Crippen LogP contribution is -1.97. The Morgan fingerprint density at radius 2 is 1.70 bits per heavy atom. The summed E-state index contributed by atoms with van der Waals surface area (Å²) >= 11 is 0. The Hall–Kier alpha value is -2.26. The number of benzene rings is 1. The van der Waals surface area contributed by atoms with Gasteiger partial charge in [0.2, 0.25) is 0 Å². The summed E-state index contributed by atoms with van der Waals surface area (Å²) in [7, 11) is 0. The predicted molar refractivity (Wildman–Crippen MR) is 79.9 cm³/mol. The highest BCUT2D eigenvalue weighted by molar-refractivity contribution is 5.62. The Morgan fingerprint density at radius 3 is 2.30 bits per heavy atom. The molecule has 0 unspecified atom stereocenters. The lowest BCUT2D eigenvalue weighted by atomic mass is 10.1. The summed E-state index contributed by atoms with van der Waals surface area (Å²) in [5.74, 6) is 0.827. The van der Waals surface area contributed by atoms with E-state index < -0.39 is 0 Å². The largest absolute Gasteiger partial charge is 0.494 e. The van der Waals surface area contributed by atoms with Gasteiger partial charge in [0.25, 0.3) is 0 Å². The number of ether oxygens (including phenoxy) is 1. The second kappa shape index (κ2) is 9.64. The maximum atomic E-state index is 8.68. The molecule has 1 aromatic rings.